The van der Waals surface area contributed by atoms with Crippen molar-refractivity contribution < 1.29 is 14.7 Å². The average molecular weight is 333 g/mol. The van der Waals surface area contributed by atoms with Crippen molar-refractivity contribution in [3.05, 3.63) is 70.2 Å². The standard InChI is InChI=1S/C17H17ClN2O3/c1-10(15(21)11-6-8-14(18)9-7-11)20-17(23)13-4-2-12(3-5-13)16(19)22/h2-10,15,21H,1H3,(H2,19,22)(H,20,23). The Morgan fingerprint density at radius 2 is 1.57 bits per heavy atom. The first-order chi connectivity index (χ1) is 10.9. The van der Waals surface area contributed by atoms with Gasteiger partial charge in [0.05, 0.1) is 12.1 Å². The lowest BCUT2D eigenvalue weighted by Gasteiger charge is -2.20. The topological polar surface area (TPSA) is 92.4 Å². The lowest BCUT2D eigenvalue weighted by molar-refractivity contribution is 0.0851. The molecule has 2 aromatic rings. The van der Waals surface area contributed by atoms with Crippen molar-refractivity contribution in [2.24, 2.45) is 5.73 Å². The summed E-state index contributed by atoms with van der Waals surface area (Å²) in [5.41, 5.74) is 6.52. The molecule has 0 radical (unpaired) electrons. The second-order valence-corrected chi connectivity index (χ2v) is 5.64. The van der Waals surface area contributed by atoms with E-state index in [9.17, 15) is 14.7 Å². The zero-order chi connectivity index (χ0) is 17.0. The van der Waals surface area contributed by atoms with Gasteiger partial charge in [-0.3, -0.25) is 9.59 Å². The minimum absolute atomic E-state index is 0.329. The van der Waals surface area contributed by atoms with E-state index in [0.717, 1.165) is 0 Å². The molecule has 0 heterocycles. The molecule has 6 heteroatoms. The molecule has 0 spiro atoms. The molecular weight excluding hydrogens is 316 g/mol. The van der Waals surface area contributed by atoms with Crippen LogP contribution in [0.3, 0.4) is 0 Å². The van der Waals surface area contributed by atoms with Crippen LogP contribution in [0.25, 0.3) is 0 Å². The lowest BCUT2D eigenvalue weighted by Crippen LogP contribution is -2.37. The van der Waals surface area contributed by atoms with E-state index in [1.165, 1.54) is 24.3 Å². The van der Waals surface area contributed by atoms with Gasteiger partial charge in [0.25, 0.3) is 5.91 Å². The van der Waals surface area contributed by atoms with Gasteiger partial charge < -0.3 is 16.2 Å². The van der Waals surface area contributed by atoms with Crippen LogP contribution in [0.2, 0.25) is 5.02 Å². The average Bonchev–Trinajstić information content (AvgIpc) is 2.54. The van der Waals surface area contributed by atoms with Crippen LogP contribution in [0.5, 0.6) is 0 Å². The zero-order valence-electron chi connectivity index (χ0n) is 12.5. The second-order valence-electron chi connectivity index (χ2n) is 5.20. The number of halogens is 1. The summed E-state index contributed by atoms with van der Waals surface area (Å²) in [5.74, 6) is -0.898. The van der Waals surface area contributed by atoms with Crippen LogP contribution in [0, 0.1) is 0 Å². The third-order valence-electron chi connectivity index (χ3n) is 3.48. The van der Waals surface area contributed by atoms with Crippen molar-refractivity contribution in [2.75, 3.05) is 0 Å². The van der Waals surface area contributed by atoms with Gasteiger partial charge in [-0.2, -0.15) is 0 Å². The second kappa shape index (κ2) is 7.26. The Hall–Kier alpha value is -2.37. The lowest BCUT2D eigenvalue weighted by atomic mass is 10.0. The first kappa shape index (κ1) is 17.0. The van der Waals surface area contributed by atoms with Crippen molar-refractivity contribution in [1.82, 2.24) is 5.32 Å². The molecule has 4 N–H and O–H groups in total. The van der Waals surface area contributed by atoms with Crippen molar-refractivity contribution >= 4 is 23.4 Å². The first-order valence-corrected chi connectivity index (χ1v) is 7.40. The highest BCUT2D eigenvalue weighted by Crippen LogP contribution is 2.19. The van der Waals surface area contributed by atoms with E-state index < -0.39 is 18.1 Å². The molecule has 23 heavy (non-hydrogen) atoms. The third kappa shape index (κ3) is 4.31. The van der Waals surface area contributed by atoms with Crippen LogP contribution < -0.4 is 11.1 Å². The Balaban J connectivity index is 2.03. The monoisotopic (exact) mass is 332 g/mol. The molecule has 2 rings (SSSR count). The van der Waals surface area contributed by atoms with Crippen molar-refractivity contribution in [2.45, 2.75) is 19.1 Å². The molecule has 0 aliphatic heterocycles. The minimum Gasteiger partial charge on any atom is -0.386 e. The summed E-state index contributed by atoms with van der Waals surface area (Å²) in [4.78, 5) is 23.2. The third-order valence-corrected chi connectivity index (χ3v) is 3.73. The van der Waals surface area contributed by atoms with E-state index in [1.807, 2.05) is 0 Å². The van der Waals surface area contributed by atoms with E-state index in [1.54, 1.807) is 31.2 Å². The van der Waals surface area contributed by atoms with Crippen LogP contribution >= 0.6 is 11.6 Å². The fourth-order valence-electron chi connectivity index (χ4n) is 2.10. The molecule has 0 aromatic heterocycles. The number of rotatable bonds is 5. The molecule has 0 fully saturated rings. The fraction of sp³-hybridized carbons (Fsp3) is 0.176. The predicted molar refractivity (Wildman–Crippen MR) is 88.3 cm³/mol. The number of benzene rings is 2. The summed E-state index contributed by atoms with van der Waals surface area (Å²) in [5, 5.41) is 13.6. The molecular formula is C17H17ClN2O3. The Labute approximate surface area is 139 Å². The van der Waals surface area contributed by atoms with Crippen molar-refractivity contribution in [3.63, 3.8) is 0 Å². The van der Waals surface area contributed by atoms with Crippen LogP contribution in [0.4, 0.5) is 0 Å². The molecule has 2 aromatic carbocycles. The van der Waals surface area contributed by atoms with Crippen LogP contribution in [0.15, 0.2) is 48.5 Å². The number of hydrogen-bond donors (Lipinski definition) is 3. The molecule has 5 nitrogen and oxygen atoms in total. The smallest absolute Gasteiger partial charge is 0.251 e. The van der Waals surface area contributed by atoms with Gasteiger partial charge in [0, 0.05) is 16.1 Å². The maximum atomic E-state index is 12.2. The van der Waals surface area contributed by atoms with Crippen LogP contribution in [0.1, 0.15) is 39.3 Å². The first-order valence-electron chi connectivity index (χ1n) is 7.02. The highest BCUT2D eigenvalue weighted by Gasteiger charge is 2.19. The van der Waals surface area contributed by atoms with E-state index in [4.69, 9.17) is 17.3 Å². The number of carbonyl (C=O) groups is 2. The molecule has 2 atom stereocenters. The summed E-state index contributed by atoms with van der Waals surface area (Å²) >= 11 is 5.81. The Bertz CT molecular complexity index is 699. The van der Waals surface area contributed by atoms with Gasteiger partial charge in [-0.25, -0.2) is 0 Å². The van der Waals surface area contributed by atoms with Gasteiger partial charge in [0.15, 0.2) is 0 Å². The number of aliphatic hydroxyl groups is 1. The number of aliphatic hydroxyl groups excluding tert-OH is 1. The fourth-order valence-corrected chi connectivity index (χ4v) is 2.23. The molecule has 0 saturated heterocycles. The summed E-state index contributed by atoms with van der Waals surface area (Å²) in [7, 11) is 0. The van der Waals surface area contributed by atoms with E-state index in [0.29, 0.717) is 21.7 Å². The van der Waals surface area contributed by atoms with Gasteiger partial charge >= 0.3 is 0 Å². The number of nitrogens with one attached hydrogen (secondary N) is 1. The molecule has 2 unspecified atom stereocenters. The Morgan fingerprint density at radius 3 is 2.09 bits per heavy atom. The molecule has 2 amide bonds. The summed E-state index contributed by atoms with van der Waals surface area (Å²) in [6.07, 6.45) is -0.860. The number of hydrogen-bond acceptors (Lipinski definition) is 3. The summed E-state index contributed by atoms with van der Waals surface area (Å²) < 4.78 is 0. The van der Waals surface area contributed by atoms with Crippen LogP contribution in [-0.2, 0) is 0 Å². The number of nitrogens with two attached hydrogens (primary N) is 1. The normalized spacial score (nSPS) is 13.2. The van der Waals surface area contributed by atoms with Gasteiger partial charge in [-0.15, -0.1) is 0 Å². The Morgan fingerprint density at radius 1 is 1.04 bits per heavy atom. The van der Waals surface area contributed by atoms with E-state index in [-0.39, 0.29) is 5.91 Å². The highest BCUT2D eigenvalue weighted by molar-refractivity contribution is 6.30. The SMILES string of the molecule is CC(NC(=O)c1ccc(C(N)=O)cc1)C(O)c1ccc(Cl)cc1. The molecule has 0 aliphatic carbocycles. The van der Waals surface area contributed by atoms with Crippen molar-refractivity contribution in [3.8, 4) is 0 Å². The largest absolute Gasteiger partial charge is 0.386 e. The van der Waals surface area contributed by atoms with Gasteiger partial charge in [-0.05, 0) is 48.9 Å². The molecule has 0 bridgehead atoms. The maximum Gasteiger partial charge on any atom is 0.251 e. The Kier molecular flexibility index (Phi) is 5.36. The predicted octanol–water partition coefficient (Wildman–Crippen LogP) is 2.29. The van der Waals surface area contributed by atoms with Gasteiger partial charge in [-0.1, -0.05) is 23.7 Å². The minimum atomic E-state index is -0.860. The van der Waals surface area contributed by atoms with E-state index in [2.05, 4.69) is 5.32 Å². The van der Waals surface area contributed by atoms with Gasteiger partial charge in [0.1, 0.15) is 0 Å². The molecule has 0 aliphatic rings. The summed E-state index contributed by atoms with van der Waals surface area (Å²) in [6, 6.07) is 12.3. The molecule has 0 saturated carbocycles. The summed E-state index contributed by atoms with van der Waals surface area (Å²) in [6.45, 7) is 1.70. The van der Waals surface area contributed by atoms with E-state index >= 15 is 0 Å². The van der Waals surface area contributed by atoms with Crippen LogP contribution in [-0.4, -0.2) is 23.0 Å². The number of carbonyl (C=O) groups excluding carboxylic acids is 2. The molecule has 120 valence electrons. The zero-order valence-corrected chi connectivity index (χ0v) is 13.2. The number of primary amides is 1. The number of amides is 2. The highest BCUT2D eigenvalue weighted by atomic mass is 35.5. The van der Waals surface area contributed by atoms with Crippen molar-refractivity contribution in [1.29, 1.82) is 0 Å². The quantitative estimate of drug-likeness (QED) is 0.784. The maximum absolute atomic E-state index is 12.2. The van der Waals surface area contributed by atoms with Gasteiger partial charge in [0.2, 0.25) is 5.91 Å².